The largest absolute Gasteiger partial charge is 0.355 e. The zero-order valence-corrected chi connectivity index (χ0v) is 14.6. The molecule has 6 nitrogen and oxygen atoms in total. The summed E-state index contributed by atoms with van der Waals surface area (Å²) >= 11 is 7.41. The standard InChI is InChI=1S/C14H22ClN5OS/c1-3-4-16-13(21)10-22-14-17-11(15)9-12(18-14)20-7-5-19(2)6-8-20/h9H,3-8,10H2,1-2H3,(H,16,21). The molecule has 1 saturated heterocycles. The van der Waals surface area contributed by atoms with Crippen molar-refractivity contribution in [2.24, 2.45) is 0 Å². The van der Waals surface area contributed by atoms with Crippen molar-refractivity contribution in [2.45, 2.75) is 18.5 Å². The van der Waals surface area contributed by atoms with Gasteiger partial charge in [0.05, 0.1) is 5.75 Å². The molecule has 0 bridgehead atoms. The Bertz CT molecular complexity index is 508. The number of amides is 1. The molecule has 8 heteroatoms. The fourth-order valence-corrected chi connectivity index (χ4v) is 3.00. The molecule has 0 radical (unpaired) electrons. The van der Waals surface area contributed by atoms with E-state index in [4.69, 9.17) is 11.6 Å². The van der Waals surface area contributed by atoms with Gasteiger partial charge in [0.1, 0.15) is 11.0 Å². The van der Waals surface area contributed by atoms with Crippen LogP contribution in [-0.4, -0.2) is 66.3 Å². The summed E-state index contributed by atoms with van der Waals surface area (Å²) in [6, 6.07) is 1.79. The molecule has 1 fully saturated rings. The molecule has 1 aliphatic heterocycles. The van der Waals surface area contributed by atoms with E-state index in [1.165, 1.54) is 11.8 Å². The number of rotatable bonds is 6. The minimum absolute atomic E-state index is 0.00317. The van der Waals surface area contributed by atoms with E-state index in [1.807, 2.05) is 6.92 Å². The summed E-state index contributed by atoms with van der Waals surface area (Å²) in [5, 5.41) is 3.80. The maximum Gasteiger partial charge on any atom is 0.230 e. The highest BCUT2D eigenvalue weighted by Crippen LogP contribution is 2.22. The predicted octanol–water partition coefficient (Wildman–Crippen LogP) is 1.50. The zero-order valence-electron chi connectivity index (χ0n) is 13.0. The zero-order chi connectivity index (χ0) is 15.9. The molecule has 1 aromatic rings. The number of nitrogens with zero attached hydrogens (tertiary/aromatic N) is 4. The molecular weight excluding hydrogens is 322 g/mol. The van der Waals surface area contributed by atoms with Gasteiger partial charge in [0.15, 0.2) is 5.16 Å². The number of aromatic nitrogens is 2. The summed E-state index contributed by atoms with van der Waals surface area (Å²) in [6.45, 7) is 6.57. The number of likely N-dealkylation sites (N-methyl/N-ethyl adjacent to an activating group) is 1. The van der Waals surface area contributed by atoms with E-state index in [1.54, 1.807) is 6.07 Å². The van der Waals surface area contributed by atoms with Crippen LogP contribution in [0.2, 0.25) is 5.15 Å². The molecule has 0 aliphatic carbocycles. The number of halogens is 1. The van der Waals surface area contributed by atoms with E-state index < -0.39 is 0 Å². The van der Waals surface area contributed by atoms with E-state index in [9.17, 15) is 4.79 Å². The van der Waals surface area contributed by atoms with Gasteiger partial charge in [-0.2, -0.15) is 0 Å². The van der Waals surface area contributed by atoms with Gasteiger partial charge in [-0.05, 0) is 13.5 Å². The molecular formula is C14H22ClN5OS. The summed E-state index contributed by atoms with van der Waals surface area (Å²) < 4.78 is 0. The van der Waals surface area contributed by atoms with Crippen molar-refractivity contribution in [1.29, 1.82) is 0 Å². The van der Waals surface area contributed by atoms with Crippen molar-refractivity contribution in [3.05, 3.63) is 11.2 Å². The van der Waals surface area contributed by atoms with Crippen molar-refractivity contribution in [2.75, 3.05) is 50.4 Å². The second kappa shape index (κ2) is 8.55. The third-order valence-electron chi connectivity index (χ3n) is 3.39. The van der Waals surface area contributed by atoms with Gasteiger partial charge in [-0.3, -0.25) is 4.79 Å². The molecule has 0 atom stereocenters. The topological polar surface area (TPSA) is 61.4 Å². The lowest BCUT2D eigenvalue weighted by molar-refractivity contribution is -0.118. The third kappa shape index (κ3) is 5.30. The average Bonchev–Trinajstić information content (AvgIpc) is 2.51. The monoisotopic (exact) mass is 343 g/mol. The SMILES string of the molecule is CCCNC(=O)CSc1nc(Cl)cc(N2CCN(C)CC2)n1. The van der Waals surface area contributed by atoms with Crippen LogP contribution in [0, 0.1) is 0 Å². The van der Waals surface area contributed by atoms with Gasteiger partial charge in [-0.25, -0.2) is 9.97 Å². The summed E-state index contributed by atoms with van der Waals surface area (Å²) in [4.78, 5) is 24.9. The van der Waals surface area contributed by atoms with Gasteiger partial charge >= 0.3 is 0 Å². The van der Waals surface area contributed by atoms with Gasteiger partial charge in [0.25, 0.3) is 0 Å². The van der Waals surface area contributed by atoms with Crippen LogP contribution < -0.4 is 10.2 Å². The highest BCUT2D eigenvalue weighted by Gasteiger charge is 2.17. The van der Waals surface area contributed by atoms with Crippen LogP contribution in [0.3, 0.4) is 0 Å². The first-order valence-corrected chi connectivity index (χ1v) is 8.82. The molecule has 0 saturated carbocycles. The number of anilines is 1. The van der Waals surface area contributed by atoms with Gasteiger partial charge in [-0.15, -0.1) is 0 Å². The van der Waals surface area contributed by atoms with Crippen molar-refractivity contribution in [3.8, 4) is 0 Å². The van der Waals surface area contributed by atoms with Gasteiger partial charge in [0, 0.05) is 38.8 Å². The fourth-order valence-electron chi connectivity index (χ4n) is 2.09. The highest BCUT2D eigenvalue weighted by molar-refractivity contribution is 7.99. The molecule has 2 heterocycles. The lowest BCUT2D eigenvalue weighted by Gasteiger charge is -2.33. The summed E-state index contributed by atoms with van der Waals surface area (Å²) in [5.41, 5.74) is 0. The summed E-state index contributed by atoms with van der Waals surface area (Å²) in [6.07, 6.45) is 0.928. The van der Waals surface area contributed by atoms with Crippen LogP contribution >= 0.6 is 23.4 Å². The first-order valence-electron chi connectivity index (χ1n) is 7.46. The third-order valence-corrected chi connectivity index (χ3v) is 4.43. The Morgan fingerprint density at radius 1 is 1.36 bits per heavy atom. The predicted molar refractivity (Wildman–Crippen MR) is 90.8 cm³/mol. The van der Waals surface area contributed by atoms with E-state index in [0.717, 1.165) is 38.4 Å². The molecule has 0 spiro atoms. The molecule has 122 valence electrons. The normalized spacial score (nSPS) is 15.9. The molecule has 22 heavy (non-hydrogen) atoms. The number of piperazine rings is 1. The summed E-state index contributed by atoms with van der Waals surface area (Å²) in [7, 11) is 2.11. The van der Waals surface area contributed by atoms with E-state index in [-0.39, 0.29) is 5.91 Å². The van der Waals surface area contributed by atoms with Gasteiger partial charge in [-0.1, -0.05) is 30.3 Å². The Balaban J connectivity index is 1.96. The van der Waals surface area contributed by atoms with Crippen molar-refractivity contribution < 1.29 is 4.79 Å². The molecule has 1 N–H and O–H groups in total. The van der Waals surface area contributed by atoms with Crippen LogP contribution in [-0.2, 0) is 4.79 Å². The lowest BCUT2D eigenvalue weighted by Crippen LogP contribution is -2.44. The van der Waals surface area contributed by atoms with Crippen molar-refractivity contribution in [1.82, 2.24) is 20.2 Å². The minimum atomic E-state index is -0.00317. The van der Waals surface area contributed by atoms with Crippen LogP contribution in [0.5, 0.6) is 0 Å². The molecule has 0 unspecified atom stereocenters. The van der Waals surface area contributed by atoms with Crippen LogP contribution in [0.25, 0.3) is 0 Å². The molecule has 1 aromatic heterocycles. The van der Waals surface area contributed by atoms with Crippen LogP contribution in [0.1, 0.15) is 13.3 Å². The first-order chi connectivity index (χ1) is 10.6. The lowest BCUT2D eigenvalue weighted by atomic mass is 10.3. The highest BCUT2D eigenvalue weighted by atomic mass is 35.5. The number of thioether (sulfide) groups is 1. The molecule has 1 aliphatic rings. The van der Waals surface area contributed by atoms with Gasteiger partial charge in [0.2, 0.25) is 5.91 Å². The number of carbonyl (C=O) groups is 1. The minimum Gasteiger partial charge on any atom is -0.355 e. The van der Waals surface area contributed by atoms with Crippen molar-refractivity contribution >= 4 is 35.1 Å². The number of nitrogens with one attached hydrogen (secondary N) is 1. The quantitative estimate of drug-likeness (QED) is 0.480. The second-order valence-electron chi connectivity index (χ2n) is 5.26. The maximum atomic E-state index is 11.6. The average molecular weight is 344 g/mol. The Hall–Kier alpha value is -1.05. The fraction of sp³-hybridized carbons (Fsp3) is 0.643. The Labute approximate surface area is 140 Å². The number of hydrogen-bond acceptors (Lipinski definition) is 6. The smallest absolute Gasteiger partial charge is 0.230 e. The van der Waals surface area contributed by atoms with E-state index in [2.05, 4.69) is 32.1 Å². The van der Waals surface area contributed by atoms with Crippen molar-refractivity contribution in [3.63, 3.8) is 0 Å². The molecule has 2 rings (SSSR count). The number of carbonyl (C=O) groups excluding carboxylic acids is 1. The maximum absolute atomic E-state index is 11.6. The van der Waals surface area contributed by atoms with Crippen LogP contribution in [0.4, 0.5) is 5.82 Å². The summed E-state index contributed by atoms with van der Waals surface area (Å²) in [5.74, 6) is 1.14. The Morgan fingerprint density at radius 3 is 2.77 bits per heavy atom. The second-order valence-corrected chi connectivity index (χ2v) is 6.59. The van der Waals surface area contributed by atoms with Crippen LogP contribution in [0.15, 0.2) is 11.2 Å². The van der Waals surface area contributed by atoms with Gasteiger partial charge < -0.3 is 15.1 Å². The van der Waals surface area contributed by atoms with E-state index >= 15 is 0 Å². The Morgan fingerprint density at radius 2 is 2.09 bits per heavy atom. The molecule has 1 amide bonds. The Kier molecular flexibility index (Phi) is 6.72. The molecule has 0 aromatic carbocycles. The van der Waals surface area contributed by atoms with E-state index in [0.29, 0.717) is 22.6 Å². The first kappa shape index (κ1) is 17.3. The number of hydrogen-bond donors (Lipinski definition) is 1.